The zero-order valence-corrected chi connectivity index (χ0v) is 12.8. The van der Waals surface area contributed by atoms with E-state index in [-0.39, 0.29) is 5.41 Å². The van der Waals surface area contributed by atoms with E-state index in [1.165, 1.54) is 11.5 Å². The molecule has 0 amide bonds. The lowest BCUT2D eigenvalue weighted by Crippen LogP contribution is -2.44. The molecule has 1 aliphatic heterocycles. The van der Waals surface area contributed by atoms with Crippen LogP contribution in [0, 0.1) is 0 Å². The number of nitrogens with zero attached hydrogens (tertiary/aromatic N) is 5. The Bertz CT molecular complexity index is 577. The summed E-state index contributed by atoms with van der Waals surface area (Å²) in [4.78, 5) is 7.77. The molecule has 0 radical (unpaired) electrons. The lowest BCUT2D eigenvalue weighted by atomic mass is 9.91. The molecule has 0 bridgehead atoms. The van der Waals surface area contributed by atoms with E-state index in [1.807, 2.05) is 0 Å². The van der Waals surface area contributed by atoms with Gasteiger partial charge in [-0.25, -0.2) is 0 Å². The minimum atomic E-state index is -0.0513. The van der Waals surface area contributed by atoms with Crippen molar-refractivity contribution in [1.29, 1.82) is 0 Å². The first kappa shape index (κ1) is 13.4. The lowest BCUT2D eigenvalue weighted by Gasteiger charge is -2.25. The Balaban J connectivity index is 1.88. The van der Waals surface area contributed by atoms with Crippen molar-refractivity contribution in [1.82, 2.24) is 30.1 Å². The maximum atomic E-state index is 4.61. The van der Waals surface area contributed by atoms with E-state index in [9.17, 15) is 0 Å². The van der Waals surface area contributed by atoms with Crippen LogP contribution in [0.3, 0.4) is 0 Å². The Morgan fingerprint density at radius 2 is 1.95 bits per heavy atom. The molecule has 2 N–H and O–H groups in total. The predicted octanol–water partition coefficient (Wildman–Crippen LogP) is 1.03. The lowest BCUT2D eigenvalue weighted by molar-refractivity contribution is 0.568. The molecule has 1 fully saturated rings. The minimum absolute atomic E-state index is 0.0513. The second-order valence-corrected chi connectivity index (χ2v) is 6.68. The average Bonchev–Trinajstić information content (AvgIpc) is 3.08. The van der Waals surface area contributed by atoms with Crippen molar-refractivity contribution in [3.8, 4) is 10.7 Å². The van der Waals surface area contributed by atoms with E-state index in [1.54, 1.807) is 0 Å². The highest BCUT2D eigenvalue weighted by molar-refractivity contribution is 7.09. The van der Waals surface area contributed by atoms with Gasteiger partial charge >= 0.3 is 0 Å². The molecule has 3 heterocycles. The van der Waals surface area contributed by atoms with Gasteiger partial charge in [0.1, 0.15) is 4.88 Å². The van der Waals surface area contributed by atoms with Crippen LogP contribution in [0.15, 0.2) is 0 Å². The van der Waals surface area contributed by atoms with Gasteiger partial charge in [-0.2, -0.15) is 4.98 Å². The quantitative estimate of drug-likeness (QED) is 0.860. The topological polar surface area (TPSA) is 82.6 Å². The van der Waals surface area contributed by atoms with Crippen LogP contribution in [0.1, 0.15) is 26.5 Å². The standard InChI is InChI=1S/C12H19N7S/c1-12(2,3)9-8(20-18-15-9)10-14-11(17-16-10)19-6-4-13-5-7-19/h13H,4-7H2,1-3H3,(H,14,16,17). The molecule has 0 aromatic carbocycles. The van der Waals surface area contributed by atoms with Gasteiger partial charge in [-0.15, -0.1) is 10.2 Å². The summed E-state index contributed by atoms with van der Waals surface area (Å²) in [6.45, 7) is 10.2. The second-order valence-electron chi connectivity index (χ2n) is 5.92. The van der Waals surface area contributed by atoms with Crippen molar-refractivity contribution in [2.24, 2.45) is 0 Å². The van der Waals surface area contributed by atoms with E-state index in [4.69, 9.17) is 0 Å². The van der Waals surface area contributed by atoms with Crippen LogP contribution in [0.2, 0.25) is 0 Å². The molecule has 8 heteroatoms. The summed E-state index contributed by atoms with van der Waals surface area (Å²) >= 11 is 1.36. The van der Waals surface area contributed by atoms with Crippen LogP contribution in [0.4, 0.5) is 5.95 Å². The summed E-state index contributed by atoms with van der Waals surface area (Å²) in [7, 11) is 0. The van der Waals surface area contributed by atoms with Gasteiger partial charge in [0.2, 0.25) is 5.95 Å². The van der Waals surface area contributed by atoms with Gasteiger partial charge in [-0.1, -0.05) is 25.3 Å². The highest BCUT2D eigenvalue weighted by atomic mass is 32.1. The molecule has 0 saturated carbocycles. The zero-order valence-electron chi connectivity index (χ0n) is 12.0. The van der Waals surface area contributed by atoms with Gasteiger partial charge in [0, 0.05) is 31.6 Å². The number of aromatic nitrogens is 5. The number of hydrogen-bond acceptors (Lipinski definition) is 7. The molecule has 7 nitrogen and oxygen atoms in total. The molecular formula is C12H19N7S. The molecule has 1 saturated heterocycles. The van der Waals surface area contributed by atoms with Crippen LogP contribution in [-0.4, -0.2) is 50.9 Å². The van der Waals surface area contributed by atoms with Gasteiger partial charge in [0.15, 0.2) is 5.82 Å². The fourth-order valence-corrected chi connectivity index (χ4v) is 3.01. The van der Waals surface area contributed by atoms with Crippen LogP contribution >= 0.6 is 11.5 Å². The number of H-pyrrole nitrogens is 1. The Morgan fingerprint density at radius 3 is 2.65 bits per heavy atom. The number of nitrogens with one attached hydrogen (secondary N) is 2. The maximum absolute atomic E-state index is 4.61. The van der Waals surface area contributed by atoms with Crippen molar-refractivity contribution in [2.75, 3.05) is 31.1 Å². The number of hydrogen-bond donors (Lipinski definition) is 2. The highest BCUT2D eigenvalue weighted by Gasteiger charge is 2.25. The normalized spacial score (nSPS) is 16.6. The van der Waals surface area contributed by atoms with Gasteiger partial charge in [0.05, 0.1) is 5.69 Å². The van der Waals surface area contributed by atoms with Gasteiger partial charge < -0.3 is 10.2 Å². The van der Waals surface area contributed by atoms with Crippen LogP contribution in [0.25, 0.3) is 10.7 Å². The summed E-state index contributed by atoms with van der Waals surface area (Å²) < 4.78 is 4.07. The smallest absolute Gasteiger partial charge is 0.245 e. The Labute approximate surface area is 122 Å². The molecule has 108 valence electrons. The first-order valence-corrected chi connectivity index (χ1v) is 7.54. The Morgan fingerprint density at radius 1 is 1.20 bits per heavy atom. The minimum Gasteiger partial charge on any atom is -0.337 e. The largest absolute Gasteiger partial charge is 0.337 e. The third kappa shape index (κ3) is 2.53. The van der Waals surface area contributed by atoms with Crippen molar-refractivity contribution >= 4 is 17.5 Å². The van der Waals surface area contributed by atoms with Gasteiger partial charge in [-0.05, 0) is 11.5 Å². The predicted molar refractivity (Wildman–Crippen MR) is 79.1 cm³/mol. The summed E-state index contributed by atoms with van der Waals surface area (Å²) in [5.41, 5.74) is 0.912. The van der Waals surface area contributed by atoms with E-state index in [0.29, 0.717) is 0 Å². The summed E-state index contributed by atoms with van der Waals surface area (Å²) in [6, 6.07) is 0. The van der Waals surface area contributed by atoms with E-state index in [2.05, 4.69) is 55.8 Å². The third-order valence-corrected chi connectivity index (χ3v) is 4.02. The SMILES string of the molecule is CC(C)(C)c1nnsc1-c1nc(N2CCNCC2)n[nH]1. The number of anilines is 1. The molecule has 0 aliphatic carbocycles. The number of rotatable bonds is 2. The second kappa shape index (κ2) is 5.10. The van der Waals surface area contributed by atoms with Crippen molar-refractivity contribution in [3.63, 3.8) is 0 Å². The molecule has 0 spiro atoms. The van der Waals surface area contributed by atoms with Gasteiger partial charge in [0.25, 0.3) is 0 Å². The zero-order chi connectivity index (χ0) is 14.2. The number of piperazine rings is 1. The maximum Gasteiger partial charge on any atom is 0.245 e. The van der Waals surface area contributed by atoms with Gasteiger partial charge in [-0.3, -0.25) is 5.10 Å². The molecule has 2 aromatic heterocycles. The van der Waals surface area contributed by atoms with Crippen LogP contribution in [0.5, 0.6) is 0 Å². The number of aromatic amines is 1. The van der Waals surface area contributed by atoms with Crippen molar-refractivity contribution in [3.05, 3.63) is 5.69 Å². The summed E-state index contributed by atoms with van der Waals surface area (Å²) in [5, 5.41) is 14.9. The van der Waals surface area contributed by atoms with E-state index >= 15 is 0 Å². The summed E-state index contributed by atoms with van der Waals surface area (Å²) in [5.74, 6) is 1.52. The molecule has 2 aromatic rings. The van der Waals surface area contributed by atoms with Crippen LogP contribution < -0.4 is 10.2 Å². The van der Waals surface area contributed by atoms with Crippen LogP contribution in [-0.2, 0) is 5.41 Å². The first-order valence-electron chi connectivity index (χ1n) is 6.77. The van der Waals surface area contributed by atoms with Crippen molar-refractivity contribution < 1.29 is 0 Å². The summed E-state index contributed by atoms with van der Waals surface area (Å²) in [6.07, 6.45) is 0. The molecule has 0 unspecified atom stereocenters. The van der Waals surface area contributed by atoms with Crippen molar-refractivity contribution in [2.45, 2.75) is 26.2 Å². The third-order valence-electron chi connectivity index (χ3n) is 3.29. The van der Waals surface area contributed by atoms with E-state index in [0.717, 1.165) is 48.5 Å². The molecule has 0 atom stereocenters. The highest BCUT2D eigenvalue weighted by Crippen LogP contribution is 2.32. The fourth-order valence-electron chi connectivity index (χ4n) is 2.20. The Hall–Kier alpha value is -1.54. The van der Waals surface area contributed by atoms with E-state index < -0.39 is 0 Å². The molecule has 20 heavy (non-hydrogen) atoms. The fraction of sp³-hybridized carbons (Fsp3) is 0.667. The Kier molecular flexibility index (Phi) is 3.43. The molecular weight excluding hydrogens is 274 g/mol. The molecule has 3 rings (SSSR count). The average molecular weight is 293 g/mol. The molecule has 1 aliphatic rings. The first-order chi connectivity index (χ1) is 9.55. The monoisotopic (exact) mass is 293 g/mol.